The number of hydrogen-bond acceptors (Lipinski definition) is 3. The highest BCUT2D eigenvalue weighted by atomic mass is 15.5. The van der Waals surface area contributed by atoms with E-state index in [0.29, 0.717) is 6.04 Å². The van der Waals surface area contributed by atoms with Gasteiger partial charge in [0.05, 0.1) is 0 Å². The fourth-order valence-corrected chi connectivity index (χ4v) is 1.58. The number of piperidine rings is 1. The van der Waals surface area contributed by atoms with Crippen LogP contribution in [0.15, 0.2) is 5.10 Å². The molecule has 0 atom stereocenters. The number of rotatable bonds is 2. The van der Waals surface area contributed by atoms with E-state index >= 15 is 0 Å². The zero-order valence-electron chi connectivity index (χ0n) is 8.30. The van der Waals surface area contributed by atoms with Crippen molar-refractivity contribution >= 4 is 5.71 Å². The molecule has 0 aromatic heterocycles. The third-order valence-corrected chi connectivity index (χ3v) is 2.19. The van der Waals surface area contributed by atoms with Crippen molar-refractivity contribution in [3.8, 4) is 0 Å². The van der Waals surface area contributed by atoms with E-state index in [1.54, 1.807) is 0 Å². The molecule has 1 heterocycles. The van der Waals surface area contributed by atoms with Crippen molar-refractivity contribution in [3.05, 3.63) is 0 Å². The van der Waals surface area contributed by atoms with Crippen molar-refractivity contribution in [3.63, 3.8) is 0 Å². The summed E-state index contributed by atoms with van der Waals surface area (Å²) in [6, 6.07) is 0.640. The lowest BCUT2D eigenvalue weighted by Crippen LogP contribution is -2.39. The van der Waals surface area contributed by atoms with Crippen molar-refractivity contribution in [1.82, 2.24) is 10.3 Å². The molecular weight excluding hydrogens is 150 g/mol. The quantitative estimate of drug-likeness (QED) is 0.494. The van der Waals surface area contributed by atoms with Gasteiger partial charge in [0.25, 0.3) is 0 Å². The first-order chi connectivity index (χ1) is 5.70. The van der Waals surface area contributed by atoms with E-state index in [2.05, 4.69) is 22.5 Å². The Hall–Kier alpha value is -0.570. The minimum atomic E-state index is 0.640. The fourth-order valence-electron chi connectivity index (χ4n) is 1.58. The van der Waals surface area contributed by atoms with Gasteiger partial charge in [0.15, 0.2) is 0 Å². The predicted molar refractivity (Wildman–Crippen MR) is 52.4 cm³/mol. The standard InChI is InChI=1S/C9H19N3/c1-8(2)11-12(3)9-4-6-10-7-5-9/h9-10H,4-7H2,1-3H3. The zero-order chi connectivity index (χ0) is 8.97. The van der Waals surface area contributed by atoms with Crippen LogP contribution in [0.5, 0.6) is 0 Å². The molecule has 1 aliphatic heterocycles. The van der Waals surface area contributed by atoms with Crippen molar-refractivity contribution < 1.29 is 0 Å². The van der Waals surface area contributed by atoms with E-state index in [4.69, 9.17) is 0 Å². The predicted octanol–water partition coefficient (Wildman–Crippen LogP) is 1.07. The van der Waals surface area contributed by atoms with Gasteiger partial charge in [0.1, 0.15) is 0 Å². The molecule has 1 saturated heterocycles. The molecule has 0 unspecified atom stereocenters. The Morgan fingerprint density at radius 2 is 1.92 bits per heavy atom. The number of nitrogens with one attached hydrogen (secondary N) is 1. The van der Waals surface area contributed by atoms with E-state index in [1.807, 2.05) is 13.8 Å². The first-order valence-electron chi connectivity index (χ1n) is 4.65. The Labute approximate surface area is 74.8 Å². The van der Waals surface area contributed by atoms with Crippen LogP contribution in [0.25, 0.3) is 0 Å². The van der Waals surface area contributed by atoms with E-state index in [1.165, 1.54) is 12.8 Å². The summed E-state index contributed by atoms with van der Waals surface area (Å²) >= 11 is 0. The molecule has 1 fully saturated rings. The van der Waals surface area contributed by atoms with Gasteiger partial charge in [0.2, 0.25) is 0 Å². The summed E-state index contributed by atoms with van der Waals surface area (Å²) in [7, 11) is 2.07. The lowest BCUT2D eigenvalue weighted by molar-refractivity contribution is 0.207. The summed E-state index contributed by atoms with van der Waals surface area (Å²) in [5.41, 5.74) is 1.14. The average Bonchev–Trinajstić information content (AvgIpc) is 2.05. The van der Waals surface area contributed by atoms with Crippen molar-refractivity contribution in [2.45, 2.75) is 32.7 Å². The second-order valence-electron chi connectivity index (χ2n) is 3.60. The van der Waals surface area contributed by atoms with Crippen LogP contribution in [0, 0.1) is 0 Å². The topological polar surface area (TPSA) is 27.6 Å². The molecule has 0 spiro atoms. The van der Waals surface area contributed by atoms with Gasteiger partial charge in [-0.05, 0) is 39.8 Å². The number of nitrogens with zero attached hydrogens (tertiary/aromatic N) is 2. The molecule has 0 aromatic carbocycles. The fraction of sp³-hybridized carbons (Fsp3) is 0.889. The second-order valence-corrected chi connectivity index (χ2v) is 3.60. The SMILES string of the molecule is CC(C)=NN(C)C1CCNCC1. The summed E-state index contributed by atoms with van der Waals surface area (Å²) in [6.07, 6.45) is 2.43. The molecule has 3 heteroatoms. The van der Waals surface area contributed by atoms with Gasteiger partial charge in [-0.3, -0.25) is 5.01 Å². The van der Waals surface area contributed by atoms with Crippen LogP contribution in [0.4, 0.5) is 0 Å². The van der Waals surface area contributed by atoms with Crippen molar-refractivity contribution in [2.24, 2.45) is 5.10 Å². The summed E-state index contributed by atoms with van der Waals surface area (Å²) in [5.74, 6) is 0. The Bertz CT molecular complexity index is 155. The first kappa shape index (κ1) is 9.52. The number of hydrazone groups is 1. The van der Waals surface area contributed by atoms with E-state index in [9.17, 15) is 0 Å². The maximum absolute atomic E-state index is 4.42. The summed E-state index contributed by atoms with van der Waals surface area (Å²) < 4.78 is 0. The van der Waals surface area contributed by atoms with E-state index < -0.39 is 0 Å². The lowest BCUT2D eigenvalue weighted by Gasteiger charge is -2.29. The first-order valence-corrected chi connectivity index (χ1v) is 4.65. The Balaban J connectivity index is 2.39. The van der Waals surface area contributed by atoms with Gasteiger partial charge in [-0.2, -0.15) is 5.10 Å². The summed E-state index contributed by atoms with van der Waals surface area (Å²) in [6.45, 7) is 6.34. The maximum Gasteiger partial charge on any atom is 0.0491 e. The summed E-state index contributed by atoms with van der Waals surface area (Å²) in [4.78, 5) is 0. The van der Waals surface area contributed by atoms with Gasteiger partial charge in [-0.15, -0.1) is 0 Å². The number of hydrogen-bond donors (Lipinski definition) is 1. The second kappa shape index (κ2) is 4.45. The average molecular weight is 169 g/mol. The highest BCUT2D eigenvalue weighted by Crippen LogP contribution is 2.09. The van der Waals surface area contributed by atoms with Crippen molar-refractivity contribution in [2.75, 3.05) is 20.1 Å². The van der Waals surface area contributed by atoms with E-state index in [0.717, 1.165) is 18.8 Å². The normalized spacial score (nSPS) is 18.9. The lowest BCUT2D eigenvalue weighted by atomic mass is 10.1. The molecule has 0 aromatic rings. The highest BCUT2D eigenvalue weighted by Gasteiger charge is 2.15. The molecule has 0 aliphatic carbocycles. The third-order valence-electron chi connectivity index (χ3n) is 2.19. The molecular formula is C9H19N3. The molecule has 1 N–H and O–H groups in total. The van der Waals surface area contributed by atoms with Crippen LogP contribution < -0.4 is 5.32 Å². The monoisotopic (exact) mass is 169 g/mol. The van der Waals surface area contributed by atoms with E-state index in [-0.39, 0.29) is 0 Å². The molecule has 70 valence electrons. The van der Waals surface area contributed by atoms with Crippen LogP contribution in [0.1, 0.15) is 26.7 Å². The maximum atomic E-state index is 4.42. The highest BCUT2D eigenvalue weighted by molar-refractivity contribution is 5.78. The Morgan fingerprint density at radius 1 is 1.33 bits per heavy atom. The van der Waals surface area contributed by atoms with Gasteiger partial charge < -0.3 is 5.32 Å². The minimum absolute atomic E-state index is 0.640. The van der Waals surface area contributed by atoms with Crippen LogP contribution >= 0.6 is 0 Å². The van der Waals surface area contributed by atoms with Gasteiger partial charge >= 0.3 is 0 Å². The Morgan fingerprint density at radius 3 is 2.42 bits per heavy atom. The van der Waals surface area contributed by atoms with Gasteiger partial charge in [0, 0.05) is 18.8 Å². The van der Waals surface area contributed by atoms with Crippen LogP contribution in [-0.4, -0.2) is 36.9 Å². The molecule has 0 amide bonds. The van der Waals surface area contributed by atoms with Gasteiger partial charge in [-0.25, -0.2) is 0 Å². The third kappa shape index (κ3) is 2.81. The molecule has 0 bridgehead atoms. The van der Waals surface area contributed by atoms with Gasteiger partial charge in [-0.1, -0.05) is 0 Å². The molecule has 1 aliphatic rings. The smallest absolute Gasteiger partial charge is 0.0491 e. The molecule has 0 radical (unpaired) electrons. The molecule has 0 saturated carbocycles. The van der Waals surface area contributed by atoms with Crippen LogP contribution in [0.2, 0.25) is 0 Å². The molecule has 3 nitrogen and oxygen atoms in total. The largest absolute Gasteiger partial charge is 0.317 e. The molecule has 12 heavy (non-hydrogen) atoms. The van der Waals surface area contributed by atoms with Crippen LogP contribution in [-0.2, 0) is 0 Å². The van der Waals surface area contributed by atoms with Crippen LogP contribution in [0.3, 0.4) is 0 Å². The molecule has 1 rings (SSSR count). The minimum Gasteiger partial charge on any atom is -0.317 e. The zero-order valence-corrected chi connectivity index (χ0v) is 8.30. The Kier molecular flexibility index (Phi) is 3.53. The van der Waals surface area contributed by atoms with Crippen molar-refractivity contribution in [1.29, 1.82) is 0 Å². The summed E-state index contributed by atoms with van der Waals surface area (Å²) in [5, 5.41) is 9.88.